The Labute approximate surface area is 186 Å². The van der Waals surface area contributed by atoms with E-state index in [1.165, 1.54) is 25.3 Å². The van der Waals surface area contributed by atoms with Gasteiger partial charge in [-0.25, -0.2) is 0 Å². The quantitative estimate of drug-likeness (QED) is 0.219. The van der Waals surface area contributed by atoms with Gasteiger partial charge >= 0.3 is 0 Å². The summed E-state index contributed by atoms with van der Waals surface area (Å²) in [6, 6.07) is 13.6. The molecule has 10 heteroatoms. The molecule has 0 spiro atoms. The number of carbonyl (C=O) groups excluding carboxylic acids is 1. The molecular weight excluding hydrogens is 445 g/mol. The number of nitro benzene ring substituents is 1. The van der Waals surface area contributed by atoms with E-state index in [-0.39, 0.29) is 28.5 Å². The smallest absolute Gasteiger partial charge is 0.271 e. The summed E-state index contributed by atoms with van der Waals surface area (Å²) < 4.78 is 10.8. The number of nitrogens with zero attached hydrogens (tertiary/aromatic N) is 2. The van der Waals surface area contributed by atoms with Gasteiger partial charge in [0.15, 0.2) is 0 Å². The molecule has 8 nitrogen and oxygen atoms in total. The molecule has 31 heavy (non-hydrogen) atoms. The van der Waals surface area contributed by atoms with Gasteiger partial charge in [0.25, 0.3) is 11.6 Å². The molecule has 0 bridgehead atoms. The number of ether oxygens (including phenoxy) is 1. The Hall–Kier alpha value is -3.80. The van der Waals surface area contributed by atoms with Crippen molar-refractivity contribution in [1.82, 2.24) is 0 Å². The number of nitrogens with one attached hydrogen (secondary N) is 1. The molecule has 2 aromatic carbocycles. The highest BCUT2D eigenvalue weighted by Crippen LogP contribution is 2.33. The molecule has 1 heterocycles. The van der Waals surface area contributed by atoms with Gasteiger partial charge in [0.2, 0.25) is 0 Å². The Balaban J connectivity index is 1.88. The van der Waals surface area contributed by atoms with E-state index in [0.717, 1.165) is 6.07 Å². The van der Waals surface area contributed by atoms with Crippen molar-refractivity contribution in [2.45, 2.75) is 0 Å². The highest BCUT2D eigenvalue weighted by Gasteiger charge is 2.17. The van der Waals surface area contributed by atoms with Gasteiger partial charge in [0.05, 0.1) is 22.7 Å². The number of non-ortho nitro benzene ring substituents is 1. The lowest BCUT2D eigenvalue weighted by Crippen LogP contribution is -2.14. The Morgan fingerprint density at radius 1 is 1.23 bits per heavy atom. The standard InChI is InChI=1S/C21H13Cl2N3O5/c1-30-20-6-3-14(26(28)29)10-18(20)25-21(27)12(11-24)8-15-4-7-19(31-15)16-9-13(22)2-5-17(16)23/h2-10H,1H3,(H,25,27)/b12-8+. The van der Waals surface area contributed by atoms with Crippen LogP contribution in [0.5, 0.6) is 5.75 Å². The van der Waals surface area contributed by atoms with Gasteiger partial charge in [-0.3, -0.25) is 14.9 Å². The van der Waals surface area contributed by atoms with Crippen LogP contribution in [0.2, 0.25) is 10.0 Å². The van der Waals surface area contributed by atoms with Crippen LogP contribution in [0, 0.1) is 21.4 Å². The van der Waals surface area contributed by atoms with Crippen LogP contribution < -0.4 is 10.1 Å². The molecule has 0 unspecified atom stereocenters. The molecule has 1 N–H and O–H groups in total. The van der Waals surface area contributed by atoms with Crippen LogP contribution >= 0.6 is 23.2 Å². The van der Waals surface area contributed by atoms with Crippen LogP contribution in [0.1, 0.15) is 5.76 Å². The van der Waals surface area contributed by atoms with E-state index in [1.807, 2.05) is 0 Å². The van der Waals surface area contributed by atoms with E-state index in [4.69, 9.17) is 32.4 Å². The topological polar surface area (TPSA) is 118 Å². The summed E-state index contributed by atoms with van der Waals surface area (Å²) in [7, 11) is 1.35. The number of nitriles is 1. The molecule has 0 fully saturated rings. The van der Waals surface area contributed by atoms with E-state index < -0.39 is 10.8 Å². The molecule has 3 aromatic rings. The van der Waals surface area contributed by atoms with Crippen LogP contribution in [0.15, 0.2) is 58.5 Å². The van der Waals surface area contributed by atoms with Gasteiger partial charge in [-0.15, -0.1) is 0 Å². The zero-order valence-corrected chi connectivity index (χ0v) is 17.4. The fourth-order valence-electron chi connectivity index (χ4n) is 2.65. The number of carbonyl (C=O) groups is 1. The number of hydrogen-bond acceptors (Lipinski definition) is 6. The average molecular weight is 458 g/mol. The minimum absolute atomic E-state index is 0.0497. The van der Waals surface area contributed by atoms with Gasteiger partial charge in [-0.2, -0.15) is 5.26 Å². The lowest BCUT2D eigenvalue weighted by molar-refractivity contribution is -0.384. The first-order chi connectivity index (χ1) is 14.8. The van der Waals surface area contributed by atoms with Crippen molar-refractivity contribution in [3.63, 3.8) is 0 Å². The summed E-state index contributed by atoms with van der Waals surface area (Å²) in [5.74, 6) is 0.0349. The van der Waals surface area contributed by atoms with Crippen molar-refractivity contribution in [2.75, 3.05) is 12.4 Å². The minimum atomic E-state index is -0.792. The lowest BCUT2D eigenvalue weighted by atomic mass is 10.2. The summed E-state index contributed by atoms with van der Waals surface area (Å²) >= 11 is 12.2. The maximum atomic E-state index is 12.6. The highest BCUT2D eigenvalue weighted by molar-refractivity contribution is 6.35. The number of anilines is 1. The first-order valence-corrected chi connectivity index (χ1v) is 9.39. The molecule has 0 atom stereocenters. The van der Waals surface area contributed by atoms with Crippen LogP contribution in [-0.4, -0.2) is 17.9 Å². The molecule has 0 aliphatic heterocycles. The van der Waals surface area contributed by atoms with Crippen molar-refractivity contribution in [1.29, 1.82) is 5.26 Å². The van der Waals surface area contributed by atoms with E-state index in [9.17, 15) is 20.2 Å². The van der Waals surface area contributed by atoms with Crippen molar-refractivity contribution in [3.8, 4) is 23.1 Å². The van der Waals surface area contributed by atoms with Crippen molar-refractivity contribution in [2.24, 2.45) is 0 Å². The first-order valence-electron chi connectivity index (χ1n) is 8.63. The summed E-state index contributed by atoms with van der Waals surface area (Å²) in [5.41, 5.74) is 0.0751. The molecular formula is C21H13Cl2N3O5. The van der Waals surface area contributed by atoms with E-state index in [0.29, 0.717) is 21.4 Å². The number of methoxy groups -OCH3 is 1. The Morgan fingerprint density at radius 3 is 2.68 bits per heavy atom. The molecule has 0 aliphatic carbocycles. The van der Waals surface area contributed by atoms with Gasteiger partial charge in [0, 0.05) is 28.8 Å². The normalized spacial score (nSPS) is 11.0. The lowest BCUT2D eigenvalue weighted by Gasteiger charge is -2.09. The van der Waals surface area contributed by atoms with Crippen LogP contribution in [0.4, 0.5) is 11.4 Å². The monoisotopic (exact) mass is 457 g/mol. The molecule has 0 saturated heterocycles. The predicted molar refractivity (Wildman–Crippen MR) is 116 cm³/mol. The number of nitro groups is 1. The summed E-state index contributed by atoms with van der Waals surface area (Å²) in [6.07, 6.45) is 1.24. The number of halogens is 2. The van der Waals surface area contributed by atoms with Crippen LogP contribution in [-0.2, 0) is 4.79 Å². The maximum absolute atomic E-state index is 12.6. The van der Waals surface area contributed by atoms with Gasteiger partial charge < -0.3 is 14.5 Å². The molecule has 3 rings (SSSR count). The number of rotatable bonds is 6. The second-order valence-corrected chi connectivity index (χ2v) is 6.94. The summed E-state index contributed by atoms with van der Waals surface area (Å²) in [6.45, 7) is 0. The number of hydrogen-bond donors (Lipinski definition) is 1. The van der Waals surface area contributed by atoms with Gasteiger partial charge in [0.1, 0.15) is 28.9 Å². The van der Waals surface area contributed by atoms with E-state index in [1.54, 1.807) is 36.4 Å². The third-order valence-electron chi connectivity index (χ3n) is 4.11. The molecule has 0 aliphatic rings. The number of furan rings is 1. The molecule has 0 radical (unpaired) electrons. The second-order valence-electron chi connectivity index (χ2n) is 6.09. The fraction of sp³-hybridized carbons (Fsp3) is 0.0476. The van der Waals surface area contributed by atoms with Gasteiger partial charge in [-0.05, 0) is 36.4 Å². The Kier molecular flexibility index (Phi) is 6.60. The summed E-state index contributed by atoms with van der Waals surface area (Å²) in [5, 5.41) is 23.7. The highest BCUT2D eigenvalue weighted by atomic mass is 35.5. The average Bonchev–Trinajstić information content (AvgIpc) is 3.21. The maximum Gasteiger partial charge on any atom is 0.271 e. The van der Waals surface area contributed by atoms with E-state index in [2.05, 4.69) is 5.32 Å². The van der Waals surface area contributed by atoms with Crippen LogP contribution in [0.25, 0.3) is 17.4 Å². The van der Waals surface area contributed by atoms with Crippen LogP contribution in [0.3, 0.4) is 0 Å². The largest absolute Gasteiger partial charge is 0.495 e. The molecule has 1 aromatic heterocycles. The molecule has 156 valence electrons. The predicted octanol–water partition coefficient (Wildman–Crippen LogP) is 5.72. The fourth-order valence-corrected chi connectivity index (χ4v) is 3.03. The van der Waals surface area contributed by atoms with Gasteiger partial charge in [-0.1, -0.05) is 23.2 Å². The third-order valence-corrected chi connectivity index (χ3v) is 4.68. The van der Waals surface area contributed by atoms with Crippen molar-refractivity contribution in [3.05, 3.63) is 80.0 Å². The molecule has 0 saturated carbocycles. The second kappa shape index (κ2) is 9.34. The SMILES string of the molecule is COc1ccc([N+](=O)[O-])cc1NC(=O)/C(C#N)=C/c1ccc(-c2cc(Cl)ccc2Cl)o1. The third kappa shape index (κ3) is 5.04. The van der Waals surface area contributed by atoms with Crippen molar-refractivity contribution < 1.29 is 18.9 Å². The first kappa shape index (κ1) is 21.9. The van der Waals surface area contributed by atoms with E-state index >= 15 is 0 Å². The zero-order chi connectivity index (χ0) is 22.5. The Morgan fingerprint density at radius 2 is 2.00 bits per heavy atom. The minimum Gasteiger partial charge on any atom is -0.495 e. The number of benzene rings is 2. The zero-order valence-electron chi connectivity index (χ0n) is 15.9. The Bertz CT molecular complexity index is 1240. The molecule has 1 amide bonds. The number of amides is 1. The summed E-state index contributed by atoms with van der Waals surface area (Å²) in [4.78, 5) is 22.9. The van der Waals surface area contributed by atoms with Crippen molar-refractivity contribution >= 4 is 46.6 Å².